The van der Waals surface area contributed by atoms with E-state index in [0.29, 0.717) is 33.2 Å². The Kier molecular flexibility index (Phi) is 5.10. The molecule has 1 aliphatic heterocycles. The molecule has 0 saturated carbocycles. The molecular formula is C22H18ClFN6O2. The van der Waals surface area contributed by atoms with Crippen LogP contribution in [0, 0.1) is 5.82 Å². The number of hydrogen-bond donors (Lipinski definition) is 2. The normalized spacial score (nSPS) is 16.2. The van der Waals surface area contributed by atoms with E-state index in [0.717, 1.165) is 11.8 Å². The zero-order chi connectivity index (χ0) is 22.2. The minimum atomic E-state index is -0.479. The second-order valence-electron chi connectivity index (χ2n) is 7.42. The molecule has 1 aromatic carbocycles. The first kappa shape index (κ1) is 20.2. The molecular weight excluding hydrogens is 435 g/mol. The number of pyridine rings is 1. The molecule has 0 spiro atoms. The summed E-state index contributed by atoms with van der Waals surface area (Å²) in [7, 11) is 0. The molecule has 10 heteroatoms. The smallest absolute Gasteiger partial charge is 0.256 e. The van der Waals surface area contributed by atoms with Crippen LogP contribution in [0.5, 0.6) is 5.88 Å². The highest BCUT2D eigenvalue weighted by atomic mass is 35.5. The van der Waals surface area contributed by atoms with E-state index < -0.39 is 11.9 Å². The van der Waals surface area contributed by atoms with Gasteiger partial charge in [-0.2, -0.15) is 5.10 Å². The Balaban J connectivity index is 1.68. The lowest BCUT2D eigenvalue weighted by atomic mass is 10.1. The van der Waals surface area contributed by atoms with Gasteiger partial charge in [0.05, 0.1) is 18.9 Å². The second kappa shape index (κ2) is 8.08. The quantitative estimate of drug-likeness (QED) is 0.457. The molecule has 162 valence electrons. The molecule has 0 aliphatic carbocycles. The molecule has 32 heavy (non-hydrogen) atoms. The maximum Gasteiger partial charge on any atom is 0.256 e. The van der Waals surface area contributed by atoms with E-state index in [9.17, 15) is 9.18 Å². The minimum absolute atomic E-state index is 0.193. The average molecular weight is 453 g/mol. The molecule has 0 saturated heterocycles. The molecule has 1 aliphatic rings. The lowest BCUT2D eigenvalue weighted by Crippen LogP contribution is -2.33. The number of anilines is 1. The van der Waals surface area contributed by atoms with Crippen molar-refractivity contribution in [3.63, 3.8) is 0 Å². The summed E-state index contributed by atoms with van der Waals surface area (Å²) < 4.78 is 21.3. The van der Waals surface area contributed by atoms with Crippen LogP contribution in [-0.4, -0.2) is 38.1 Å². The van der Waals surface area contributed by atoms with Crippen molar-refractivity contribution in [1.82, 2.24) is 24.9 Å². The van der Waals surface area contributed by atoms with Crippen molar-refractivity contribution in [3.05, 3.63) is 70.9 Å². The van der Waals surface area contributed by atoms with Crippen LogP contribution in [0.4, 0.5) is 10.2 Å². The molecule has 1 amide bonds. The number of rotatable bonds is 1. The van der Waals surface area contributed by atoms with Gasteiger partial charge in [-0.15, -0.1) is 0 Å². The highest BCUT2D eigenvalue weighted by Gasteiger charge is 2.21. The SMILES string of the molecule is C[C@H]1CNC(=O)c2cnn3cc(-c4ccccc4Cl)c(nc23)NCc2cc(F)cnc2O1. The van der Waals surface area contributed by atoms with Crippen molar-refractivity contribution in [2.45, 2.75) is 19.6 Å². The predicted molar refractivity (Wildman–Crippen MR) is 117 cm³/mol. The average Bonchev–Trinajstić information content (AvgIpc) is 3.20. The number of hydrogen-bond acceptors (Lipinski definition) is 6. The summed E-state index contributed by atoms with van der Waals surface area (Å²) in [5.41, 5.74) is 2.63. The number of nitrogens with one attached hydrogen (secondary N) is 2. The summed E-state index contributed by atoms with van der Waals surface area (Å²) in [6, 6.07) is 8.70. The molecule has 4 heterocycles. The Morgan fingerprint density at radius 3 is 2.88 bits per heavy atom. The van der Waals surface area contributed by atoms with Gasteiger partial charge in [0, 0.05) is 34.5 Å². The molecule has 8 nitrogen and oxygen atoms in total. The molecule has 2 N–H and O–H groups in total. The Morgan fingerprint density at radius 1 is 1.19 bits per heavy atom. The first-order chi connectivity index (χ1) is 15.5. The summed E-state index contributed by atoms with van der Waals surface area (Å²) in [6.07, 6.45) is 3.93. The van der Waals surface area contributed by atoms with Crippen LogP contribution in [0.15, 0.2) is 48.9 Å². The van der Waals surface area contributed by atoms with Gasteiger partial charge in [-0.05, 0) is 19.1 Å². The maximum atomic E-state index is 13.9. The topological polar surface area (TPSA) is 93.4 Å². The van der Waals surface area contributed by atoms with Gasteiger partial charge in [0.1, 0.15) is 23.3 Å². The highest BCUT2D eigenvalue weighted by molar-refractivity contribution is 6.33. The van der Waals surface area contributed by atoms with E-state index in [4.69, 9.17) is 16.3 Å². The van der Waals surface area contributed by atoms with Crippen LogP contribution in [-0.2, 0) is 6.54 Å². The number of ether oxygens (including phenoxy) is 1. The molecule has 1 atom stereocenters. The number of benzene rings is 1. The number of carbonyl (C=O) groups excluding carboxylic acids is 1. The molecule has 5 rings (SSSR count). The summed E-state index contributed by atoms with van der Waals surface area (Å²) in [6.45, 7) is 2.22. The Hall–Kier alpha value is -3.72. The Labute approximate surface area is 187 Å². The first-order valence-corrected chi connectivity index (χ1v) is 10.3. The molecule has 3 aromatic heterocycles. The number of halogens is 2. The number of carbonyl (C=O) groups is 1. The number of amides is 1. The fourth-order valence-electron chi connectivity index (χ4n) is 3.53. The summed E-state index contributed by atoms with van der Waals surface area (Å²) in [5, 5.41) is 10.9. The van der Waals surface area contributed by atoms with Gasteiger partial charge in [-0.1, -0.05) is 29.8 Å². The van der Waals surface area contributed by atoms with Crippen molar-refractivity contribution >= 4 is 29.0 Å². The van der Waals surface area contributed by atoms with Crippen LogP contribution in [0.25, 0.3) is 16.8 Å². The summed E-state index contributed by atoms with van der Waals surface area (Å²) in [4.78, 5) is 21.5. The third kappa shape index (κ3) is 3.71. The number of fused-ring (bicyclic) bond motifs is 2. The fourth-order valence-corrected chi connectivity index (χ4v) is 3.76. The monoisotopic (exact) mass is 452 g/mol. The lowest BCUT2D eigenvalue weighted by Gasteiger charge is -2.17. The fraction of sp³-hybridized carbons (Fsp3) is 0.182. The van der Waals surface area contributed by atoms with E-state index >= 15 is 0 Å². The third-order valence-corrected chi connectivity index (χ3v) is 5.43. The molecule has 4 aromatic rings. The largest absolute Gasteiger partial charge is 0.473 e. The van der Waals surface area contributed by atoms with Gasteiger partial charge in [0.25, 0.3) is 5.91 Å². The van der Waals surface area contributed by atoms with Crippen LogP contribution in [0.1, 0.15) is 22.8 Å². The van der Waals surface area contributed by atoms with E-state index in [2.05, 4.69) is 25.7 Å². The molecule has 2 bridgehead atoms. The summed E-state index contributed by atoms with van der Waals surface area (Å²) in [5.74, 6) is -0.0657. The van der Waals surface area contributed by atoms with Crippen LogP contribution in [0.3, 0.4) is 0 Å². The van der Waals surface area contributed by atoms with Crippen molar-refractivity contribution in [2.75, 3.05) is 11.9 Å². The van der Waals surface area contributed by atoms with Crippen LogP contribution < -0.4 is 15.4 Å². The van der Waals surface area contributed by atoms with Crippen molar-refractivity contribution in [1.29, 1.82) is 0 Å². The second-order valence-corrected chi connectivity index (χ2v) is 7.83. The standard InChI is InChI=1S/C22H18ClFN6O2/c1-12-7-26-21(31)16-10-28-30-11-17(15-4-2-3-5-18(15)23)19(29-20(16)30)25-8-13-6-14(24)9-27-22(13)32-12/h2-6,9-12H,7-8H2,1H3,(H,25,29)(H,26,31)/t12-/m0/s1. The van der Waals surface area contributed by atoms with E-state index in [1.54, 1.807) is 19.2 Å². The number of nitrogens with zero attached hydrogens (tertiary/aromatic N) is 4. The Morgan fingerprint density at radius 2 is 2.03 bits per heavy atom. The van der Waals surface area contributed by atoms with Crippen LogP contribution >= 0.6 is 11.6 Å². The third-order valence-electron chi connectivity index (χ3n) is 5.10. The maximum absolute atomic E-state index is 13.9. The zero-order valence-corrected chi connectivity index (χ0v) is 17.7. The van der Waals surface area contributed by atoms with Gasteiger partial charge in [-0.25, -0.2) is 18.9 Å². The molecule has 0 unspecified atom stereocenters. The van der Waals surface area contributed by atoms with Gasteiger partial charge >= 0.3 is 0 Å². The minimum Gasteiger partial charge on any atom is -0.473 e. The van der Waals surface area contributed by atoms with Gasteiger partial charge < -0.3 is 15.4 Å². The van der Waals surface area contributed by atoms with Gasteiger partial charge in [0.2, 0.25) is 5.88 Å². The van der Waals surface area contributed by atoms with Crippen molar-refractivity contribution in [2.24, 2.45) is 0 Å². The van der Waals surface area contributed by atoms with Gasteiger partial charge in [0.15, 0.2) is 5.65 Å². The van der Waals surface area contributed by atoms with Crippen molar-refractivity contribution in [3.8, 4) is 17.0 Å². The number of aromatic nitrogens is 4. The zero-order valence-electron chi connectivity index (χ0n) is 17.0. The van der Waals surface area contributed by atoms with E-state index in [1.165, 1.54) is 16.8 Å². The highest BCUT2D eigenvalue weighted by Crippen LogP contribution is 2.33. The van der Waals surface area contributed by atoms with Crippen LogP contribution in [0.2, 0.25) is 5.02 Å². The predicted octanol–water partition coefficient (Wildman–Crippen LogP) is 3.71. The first-order valence-electron chi connectivity index (χ1n) is 9.96. The molecule has 0 fully saturated rings. The lowest BCUT2D eigenvalue weighted by molar-refractivity contribution is 0.0932. The Bertz CT molecular complexity index is 1340. The van der Waals surface area contributed by atoms with E-state index in [-0.39, 0.29) is 24.9 Å². The van der Waals surface area contributed by atoms with Gasteiger partial charge in [-0.3, -0.25) is 4.79 Å². The van der Waals surface area contributed by atoms with E-state index in [1.807, 2.05) is 18.2 Å². The summed E-state index contributed by atoms with van der Waals surface area (Å²) >= 11 is 6.44. The molecule has 0 radical (unpaired) electrons. The van der Waals surface area contributed by atoms with Crippen molar-refractivity contribution < 1.29 is 13.9 Å².